The fraction of sp³-hybridized carbons (Fsp3) is 0.250. The normalized spacial score (nSPS) is 17.9. The minimum Gasteiger partial charge on any atom is -0.460 e. The number of rotatable bonds is 5. The van der Waals surface area contributed by atoms with Crippen molar-refractivity contribution in [3.63, 3.8) is 0 Å². The zero-order valence-electron chi connectivity index (χ0n) is 23.0. The molecule has 40 heavy (non-hydrogen) atoms. The number of para-hydroxylation sites is 1. The lowest BCUT2D eigenvalue weighted by molar-refractivity contribution is 0.490. The van der Waals surface area contributed by atoms with Crippen LogP contribution in [0, 0.1) is 0 Å². The van der Waals surface area contributed by atoms with Crippen LogP contribution in [0.1, 0.15) is 70.9 Å². The standard InChI is InChI=1S/C36H35N3O/c1-36(38,39-35(37)27-18-17-24-9-2-3-10-25(24)21-27)22-23-19-26-11-4-5-12-28(26)31(20-23)29-14-8-16-33-34(29)30-13-6-7-15-32(30)40-33/h2-4,6-7,9-11,13-15,19-21H,5,8,12,16-18,22,38H2,1H3,(H2,37,39). The van der Waals surface area contributed by atoms with Crippen molar-refractivity contribution in [2.45, 2.75) is 57.5 Å². The summed E-state index contributed by atoms with van der Waals surface area (Å²) < 4.78 is 6.31. The van der Waals surface area contributed by atoms with E-state index in [1.165, 1.54) is 49.9 Å². The number of aliphatic imine (C=N–C) groups is 1. The third-order valence-electron chi connectivity index (χ3n) is 8.47. The Morgan fingerprint density at radius 2 is 1.80 bits per heavy atom. The van der Waals surface area contributed by atoms with E-state index in [9.17, 15) is 0 Å². The van der Waals surface area contributed by atoms with Gasteiger partial charge < -0.3 is 15.9 Å². The molecule has 4 N–H and O–H groups in total. The van der Waals surface area contributed by atoms with E-state index in [-0.39, 0.29) is 0 Å². The second-order valence-electron chi connectivity index (χ2n) is 11.6. The van der Waals surface area contributed by atoms with Gasteiger partial charge in [0.25, 0.3) is 0 Å². The van der Waals surface area contributed by atoms with E-state index >= 15 is 0 Å². The van der Waals surface area contributed by atoms with Crippen molar-refractivity contribution in [3.8, 4) is 0 Å². The first kappa shape index (κ1) is 24.9. The lowest BCUT2D eigenvalue weighted by atomic mass is 9.81. The lowest BCUT2D eigenvalue weighted by Crippen LogP contribution is -2.39. The maximum atomic E-state index is 6.85. The van der Waals surface area contributed by atoms with Crippen LogP contribution < -0.4 is 11.5 Å². The van der Waals surface area contributed by atoms with Crippen molar-refractivity contribution >= 4 is 34.5 Å². The van der Waals surface area contributed by atoms with Crippen molar-refractivity contribution in [3.05, 3.63) is 123 Å². The zero-order valence-corrected chi connectivity index (χ0v) is 23.0. The minimum atomic E-state index is -0.833. The van der Waals surface area contributed by atoms with Crippen LogP contribution in [0.15, 0.2) is 87.8 Å². The highest BCUT2D eigenvalue weighted by Gasteiger charge is 2.27. The van der Waals surface area contributed by atoms with Gasteiger partial charge in [0.15, 0.2) is 0 Å². The molecule has 1 atom stereocenters. The summed E-state index contributed by atoms with van der Waals surface area (Å²) in [6.07, 6.45) is 15.5. The Balaban J connectivity index is 1.26. The second-order valence-corrected chi connectivity index (χ2v) is 11.6. The summed E-state index contributed by atoms with van der Waals surface area (Å²) in [6, 6.07) is 21.5. The van der Waals surface area contributed by atoms with Gasteiger partial charge in [-0.2, -0.15) is 0 Å². The molecule has 0 bridgehead atoms. The highest BCUT2D eigenvalue weighted by Crippen LogP contribution is 2.42. The van der Waals surface area contributed by atoms with Gasteiger partial charge in [0, 0.05) is 23.8 Å². The third kappa shape index (κ3) is 4.52. The van der Waals surface area contributed by atoms with Gasteiger partial charge in [-0.1, -0.05) is 72.8 Å². The van der Waals surface area contributed by atoms with Gasteiger partial charge in [-0.05, 0) is 95.7 Å². The minimum absolute atomic E-state index is 0.544. The molecular weight excluding hydrogens is 490 g/mol. The molecule has 4 heteroatoms. The lowest BCUT2D eigenvalue weighted by Gasteiger charge is -2.26. The molecule has 7 rings (SSSR count). The van der Waals surface area contributed by atoms with Gasteiger partial charge >= 0.3 is 0 Å². The van der Waals surface area contributed by atoms with Crippen LogP contribution in [-0.4, -0.2) is 11.5 Å². The van der Waals surface area contributed by atoms with Crippen molar-refractivity contribution < 1.29 is 4.42 Å². The highest BCUT2D eigenvalue weighted by molar-refractivity contribution is 6.02. The fourth-order valence-corrected chi connectivity index (χ4v) is 6.66. The molecule has 200 valence electrons. The number of amidine groups is 1. The summed E-state index contributed by atoms with van der Waals surface area (Å²) >= 11 is 0. The number of nitrogens with zero attached hydrogens (tertiary/aromatic N) is 1. The van der Waals surface area contributed by atoms with E-state index in [1.807, 2.05) is 13.0 Å². The van der Waals surface area contributed by atoms with E-state index in [2.05, 4.69) is 78.9 Å². The van der Waals surface area contributed by atoms with Crippen LogP contribution in [0.3, 0.4) is 0 Å². The van der Waals surface area contributed by atoms with E-state index < -0.39 is 5.66 Å². The zero-order chi connectivity index (χ0) is 27.3. The Hall–Kier alpha value is -4.15. The molecule has 0 radical (unpaired) electrons. The summed E-state index contributed by atoms with van der Waals surface area (Å²) in [5.74, 6) is 1.63. The van der Waals surface area contributed by atoms with Crippen LogP contribution in [0.25, 0.3) is 28.7 Å². The molecule has 0 spiro atoms. The topological polar surface area (TPSA) is 77.5 Å². The Morgan fingerprint density at radius 1 is 0.950 bits per heavy atom. The molecular formula is C36H35N3O. The average Bonchev–Trinajstić information content (AvgIpc) is 3.35. The molecule has 1 aromatic heterocycles. The molecule has 0 fully saturated rings. The van der Waals surface area contributed by atoms with Crippen molar-refractivity contribution in [1.29, 1.82) is 0 Å². The third-order valence-corrected chi connectivity index (χ3v) is 8.47. The first-order valence-corrected chi connectivity index (χ1v) is 14.4. The number of hydrogen-bond donors (Lipinski definition) is 2. The quantitative estimate of drug-likeness (QED) is 0.211. The predicted molar refractivity (Wildman–Crippen MR) is 166 cm³/mol. The second kappa shape index (κ2) is 9.79. The Labute approximate surface area is 235 Å². The van der Waals surface area contributed by atoms with Gasteiger partial charge in [0.2, 0.25) is 0 Å². The van der Waals surface area contributed by atoms with Gasteiger partial charge in [-0.3, -0.25) is 0 Å². The molecule has 0 saturated carbocycles. The first-order valence-electron chi connectivity index (χ1n) is 14.4. The largest absolute Gasteiger partial charge is 0.460 e. The number of fused-ring (bicyclic) bond motifs is 5. The van der Waals surface area contributed by atoms with Crippen molar-refractivity contribution in [2.24, 2.45) is 16.5 Å². The Kier molecular flexibility index (Phi) is 6.09. The summed E-state index contributed by atoms with van der Waals surface area (Å²) in [5, 5.41) is 1.19. The van der Waals surface area contributed by atoms with E-state index in [0.717, 1.165) is 55.4 Å². The van der Waals surface area contributed by atoms with E-state index in [0.29, 0.717) is 12.3 Å². The van der Waals surface area contributed by atoms with Gasteiger partial charge in [0.05, 0.1) is 0 Å². The van der Waals surface area contributed by atoms with Crippen molar-refractivity contribution in [1.82, 2.24) is 0 Å². The summed E-state index contributed by atoms with van der Waals surface area (Å²) in [6.45, 7) is 1.98. The summed E-state index contributed by atoms with van der Waals surface area (Å²) in [5.41, 5.74) is 24.9. The molecule has 0 saturated heterocycles. The Morgan fingerprint density at radius 3 is 2.73 bits per heavy atom. The van der Waals surface area contributed by atoms with E-state index in [4.69, 9.17) is 20.9 Å². The maximum absolute atomic E-state index is 6.85. The first-order chi connectivity index (χ1) is 19.4. The molecule has 0 amide bonds. The van der Waals surface area contributed by atoms with Gasteiger partial charge in [0.1, 0.15) is 22.8 Å². The molecule has 0 aliphatic heterocycles. The van der Waals surface area contributed by atoms with E-state index in [1.54, 1.807) is 0 Å². The number of furan rings is 1. The number of aryl methyl sites for hydroxylation is 2. The maximum Gasteiger partial charge on any atom is 0.134 e. The smallest absolute Gasteiger partial charge is 0.134 e. The van der Waals surface area contributed by atoms with Crippen molar-refractivity contribution in [2.75, 3.05) is 0 Å². The van der Waals surface area contributed by atoms with Crippen LogP contribution in [0.5, 0.6) is 0 Å². The summed E-state index contributed by atoms with van der Waals surface area (Å²) in [7, 11) is 0. The van der Waals surface area contributed by atoms with Crippen LogP contribution >= 0.6 is 0 Å². The number of allylic oxidation sites excluding steroid dienone is 2. The van der Waals surface area contributed by atoms with Gasteiger partial charge in [-0.15, -0.1) is 0 Å². The highest BCUT2D eigenvalue weighted by atomic mass is 16.3. The molecule has 3 aromatic carbocycles. The predicted octanol–water partition coefficient (Wildman–Crippen LogP) is 7.37. The SMILES string of the molecule is CC(N)(Cc1cc2c(c(C3=CCCc4oc5ccccc5c43)c1)CCC=C2)N=C(N)C1=Cc2ccccc2CC1. The number of benzene rings is 3. The van der Waals surface area contributed by atoms with Crippen LogP contribution in [0.4, 0.5) is 0 Å². The molecule has 3 aliphatic rings. The van der Waals surface area contributed by atoms with Crippen LogP contribution in [0.2, 0.25) is 0 Å². The number of hydrogen-bond acceptors (Lipinski definition) is 3. The van der Waals surface area contributed by atoms with Gasteiger partial charge in [-0.25, -0.2) is 4.99 Å². The fourth-order valence-electron chi connectivity index (χ4n) is 6.66. The Bertz CT molecular complexity index is 1760. The summed E-state index contributed by atoms with van der Waals surface area (Å²) in [4.78, 5) is 4.88. The number of nitrogens with two attached hydrogens (primary N) is 2. The molecule has 4 nitrogen and oxygen atoms in total. The monoisotopic (exact) mass is 525 g/mol. The molecule has 3 aliphatic carbocycles. The average molecular weight is 526 g/mol. The molecule has 1 heterocycles. The van der Waals surface area contributed by atoms with Crippen LogP contribution in [-0.2, 0) is 25.7 Å². The molecule has 4 aromatic rings. The molecule has 1 unspecified atom stereocenters.